The van der Waals surface area contributed by atoms with Crippen LogP contribution in [0, 0.1) is 0 Å². The van der Waals surface area contributed by atoms with Gasteiger partial charge in [0.25, 0.3) is 0 Å². The Kier molecular flexibility index (Phi) is 3.38. The second kappa shape index (κ2) is 5.92. The summed E-state index contributed by atoms with van der Waals surface area (Å²) in [4.78, 5) is 4.86. The maximum atomic E-state index is 4.86. The first-order valence-corrected chi connectivity index (χ1v) is 10.2. The van der Waals surface area contributed by atoms with Crippen molar-refractivity contribution in [3.63, 3.8) is 0 Å². The van der Waals surface area contributed by atoms with Gasteiger partial charge in [-0.15, -0.1) is 0 Å². The van der Waals surface area contributed by atoms with Crippen molar-refractivity contribution >= 4 is 11.3 Å². The van der Waals surface area contributed by atoms with Crippen LogP contribution in [-0.2, 0) is 0 Å². The molecule has 2 atom stereocenters. The zero-order valence-corrected chi connectivity index (χ0v) is 15.5. The molecule has 0 N–H and O–H groups in total. The van der Waals surface area contributed by atoms with E-state index in [9.17, 15) is 0 Å². The summed E-state index contributed by atoms with van der Waals surface area (Å²) in [5, 5.41) is 0. The Morgan fingerprint density at radius 2 is 1.93 bits per heavy atom. The second-order valence-corrected chi connectivity index (χ2v) is 8.09. The highest BCUT2D eigenvalue weighted by atomic mass is 15.0. The summed E-state index contributed by atoms with van der Waals surface area (Å²) in [7, 11) is 0. The minimum absolute atomic E-state index is 0.352. The topological polar surface area (TPSA) is 12.4 Å². The van der Waals surface area contributed by atoms with Gasteiger partial charge in [0, 0.05) is 5.92 Å². The van der Waals surface area contributed by atoms with Crippen LogP contribution in [-0.4, -0.2) is 11.8 Å². The molecule has 4 aliphatic carbocycles. The van der Waals surface area contributed by atoms with E-state index in [1.165, 1.54) is 40.0 Å². The monoisotopic (exact) mass is 349 g/mol. The van der Waals surface area contributed by atoms with Gasteiger partial charge in [0.05, 0.1) is 5.71 Å². The molecule has 132 valence electrons. The molecule has 0 amide bonds. The first-order valence-electron chi connectivity index (χ1n) is 10.2. The summed E-state index contributed by atoms with van der Waals surface area (Å²) in [5.74, 6) is 0.518. The molecule has 1 aliphatic heterocycles. The lowest BCUT2D eigenvalue weighted by Crippen LogP contribution is -2.18. The maximum absolute atomic E-state index is 4.86. The SMILES string of the molecule is C1=CCCC(C2N=C2C2=CCC3C(=C2)C2=C(C=CCC2)c2ccccc23)=C1. The van der Waals surface area contributed by atoms with E-state index in [1.54, 1.807) is 11.1 Å². The summed E-state index contributed by atoms with van der Waals surface area (Å²) >= 11 is 0. The van der Waals surface area contributed by atoms with Crippen LogP contribution in [0.1, 0.15) is 49.1 Å². The van der Waals surface area contributed by atoms with Crippen molar-refractivity contribution in [2.24, 2.45) is 4.99 Å². The lowest BCUT2D eigenvalue weighted by Gasteiger charge is -2.35. The predicted octanol–water partition coefficient (Wildman–Crippen LogP) is 6.24. The van der Waals surface area contributed by atoms with Crippen LogP contribution in [0.4, 0.5) is 0 Å². The largest absolute Gasteiger partial charge is 0.272 e. The Bertz CT molecular complexity index is 1050. The van der Waals surface area contributed by atoms with Gasteiger partial charge in [0.2, 0.25) is 0 Å². The molecule has 1 aromatic rings. The molecule has 6 rings (SSSR count). The Balaban J connectivity index is 1.38. The quantitative estimate of drug-likeness (QED) is 0.599. The number of rotatable bonds is 2. The van der Waals surface area contributed by atoms with Gasteiger partial charge in [-0.2, -0.15) is 0 Å². The predicted molar refractivity (Wildman–Crippen MR) is 113 cm³/mol. The normalized spacial score (nSPS) is 27.7. The highest BCUT2D eigenvalue weighted by Gasteiger charge is 2.37. The zero-order valence-electron chi connectivity index (χ0n) is 15.5. The van der Waals surface area contributed by atoms with Crippen LogP contribution in [0.15, 0.2) is 94.1 Å². The number of nitrogens with zero attached hydrogens (tertiary/aromatic N) is 1. The molecule has 0 bridgehead atoms. The van der Waals surface area contributed by atoms with E-state index >= 15 is 0 Å². The summed E-state index contributed by atoms with van der Waals surface area (Å²) in [6, 6.07) is 9.36. The average molecular weight is 349 g/mol. The zero-order chi connectivity index (χ0) is 17.8. The van der Waals surface area contributed by atoms with E-state index in [2.05, 4.69) is 66.8 Å². The Morgan fingerprint density at radius 1 is 1.00 bits per heavy atom. The number of benzene rings is 1. The summed E-state index contributed by atoms with van der Waals surface area (Å²) in [6.07, 6.45) is 22.1. The summed E-state index contributed by atoms with van der Waals surface area (Å²) < 4.78 is 0. The van der Waals surface area contributed by atoms with E-state index < -0.39 is 0 Å². The van der Waals surface area contributed by atoms with E-state index in [0.717, 1.165) is 25.7 Å². The molecule has 2 unspecified atom stereocenters. The van der Waals surface area contributed by atoms with Gasteiger partial charge < -0.3 is 0 Å². The molecule has 1 heteroatoms. The van der Waals surface area contributed by atoms with Gasteiger partial charge in [0.1, 0.15) is 6.04 Å². The van der Waals surface area contributed by atoms with Crippen LogP contribution >= 0.6 is 0 Å². The molecule has 1 heterocycles. The fraction of sp³-hybridized carbons (Fsp3) is 0.269. The first kappa shape index (κ1) is 15.4. The van der Waals surface area contributed by atoms with E-state index in [4.69, 9.17) is 4.99 Å². The van der Waals surface area contributed by atoms with Crippen LogP contribution < -0.4 is 0 Å². The van der Waals surface area contributed by atoms with Gasteiger partial charge in [-0.1, -0.05) is 60.7 Å². The number of allylic oxidation sites excluding steroid dienone is 10. The molecule has 0 spiro atoms. The smallest absolute Gasteiger partial charge is 0.114 e. The van der Waals surface area contributed by atoms with Crippen molar-refractivity contribution in [3.8, 4) is 0 Å². The lowest BCUT2D eigenvalue weighted by atomic mass is 9.69. The fourth-order valence-electron chi connectivity index (χ4n) is 5.17. The summed E-state index contributed by atoms with van der Waals surface area (Å²) in [6.45, 7) is 0. The van der Waals surface area contributed by atoms with Crippen LogP contribution in [0.3, 0.4) is 0 Å². The third-order valence-corrected chi connectivity index (χ3v) is 6.56. The molecule has 0 fully saturated rings. The fourth-order valence-corrected chi connectivity index (χ4v) is 5.17. The lowest BCUT2D eigenvalue weighted by molar-refractivity contribution is 0.768. The minimum Gasteiger partial charge on any atom is -0.272 e. The van der Waals surface area contributed by atoms with Crippen molar-refractivity contribution in [2.75, 3.05) is 0 Å². The van der Waals surface area contributed by atoms with Gasteiger partial charge >= 0.3 is 0 Å². The van der Waals surface area contributed by atoms with Crippen molar-refractivity contribution in [2.45, 2.75) is 44.1 Å². The molecule has 1 nitrogen and oxygen atoms in total. The highest BCUT2D eigenvalue weighted by molar-refractivity contribution is 6.17. The molecule has 1 aromatic carbocycles. The van der Waals surface area contributed by atoms with Crippen molar-refractivity contribution in [1.29, 1.82) is 0 Å². The number of hydrogen-bond acceptors (Lipinski definition) is 1. The summed E-state index contributed by atoms with van der Waals surface area (Å²) in [5.41, 5.74) is 11.7. The van der Waals surface area contributed by atoms with Gasteiger partial charge in [-0.05, 0) is 77.2 Å². The van der Waals surface area contributed by atoms with E-state index in [1.807, 2.05) is 0 Å². The Hall–Kier alpha value is -2.67. The first-order chi connectivity index (χ1) is 13.4. The average Bonchev–Trinajstić information content (AvgIpc) is 3.55. The van der Waals surface area contributed by atoms with Crippen LogP contribution in [0.25, 0.3) is 5.57 Å². The molecule has 0 saturated heterocycles. The molecule has 5 aliphatic rings. The van der Waals surface area contributed by atoms with Crippen LogP contribution in [0.2, 0.25) is 0 Å². The molecular formula is C26H23N. The molecule has 27 heavy (non-hydrogen) atoms. The number of fused-ring (bicyclic) bond motifs is 5. The minimum atomic E-state index is 0.352. The molecule has 0 aromatic heterocycles. The van der Waals surface area contributed by atoms with Gasteiger partial charge in [0.15, 0.2) is 0 Å². The van der Waals surface area contributed by atoms with Gasteiger partial charge in [-0.25, -0.2) is 0 Å². The third kappa shape index (κ3) is 2.41. The molecule has 0 radical (unpaired) electrons. The number of hydrogen-bond donors (Lipinski definition) is 0. The standard InChI is InChI=1S/C26H23N/c1-2-8-17(9-3-1)25-26(27-25)18-14-15-23-21-12-5-4-10-19(21)20-11-6-7-13-22(20)24(23)16-18/h1-2,4-6,8,10-12,14,16,23,25H,3,7,9,13,15H2. The third-order valence-electron chi connectivity index (χ3n) is 6.56. The van der Waals surface area contributed by atoms with Crippen molar-refractivity contribution < 1.29 is 0 Å². The maximum Gasteiger partial charge on any atom is 0.114 e. The molecule has 0 saturated carbocycles. The second-order valence-electron chi connectivity index (χ2n) is 8.09. The van der Waals surface area contributed by atoms with Crippen molar-refractivity contribution in [3.05, 3.63) is 100 Å². The van der Waals surface area contributed by atoms with Gasteiger partial charge in [-0.3, -0.25) is 4.99 Å². The van der Waals surface area contributed by atoms with E-state index in [-0.39, 0.29) is 0 Å². The van der Waals surface area contributed by atoms with E-state index in [0.29, 0.717) is 12.0 Å². The van der Waals surface area contributed by atoms with Crippen molar-refractivity contribution in [1.82, 2.24) is 0 Å². The number of aliphatic imine (C=N–C) groups is 1. The van der Waals surface area contributed by atoms with Crippen LogP contribution in [0.5, 0.6) is 0 Å². The highest BCUT2D eigenvalue weighted by Crippen LogP contribution is 2.50. The Morgan fingerprint density at radius 3 is 2.85 bits per heavy atom. The molecular weight excluding hydrogens is 326 g/mol. The Labute approximate surface area is 160 Å².